The lowest BCUT2D eigenvalue weighted by Crippen LogP contribution is -2.22. The Balaban J connectivity index is 3.49. The summed E-state index contributed by atoms with van der Waals surface area (Å²) in [5, 5.41) is 0. The van der Waals surface area contributed by atoms with Gasteiger partial charge in [0.15, 0.2) is 0 Å². The summed E-state index contributed by atoms with van der Waals surface area (Å²) >= 11 is 0. The predicted molar refractivity (Wildman–Crippen MR) is 175 cm³/mol. The Morgan fingerprint density at radius 2 is 0.463 bits per heavy atom. The van der Waals surface area contributed by atoms with Gasteiger partial charge in [-0.15, -0.1) is 0 Å². The maximum absolute atomic E-state index is 13.5. The van der Waals surface area contributed by atoms with Crippen molar-refractivity contribution < 1.29 is 13.2 Å². The van der Waals surface area contributed by atoms with Crippen LogP contribution in [0.3, 0.4) is 0 Å². The zero-order chi connectivity index (χ0) is 30.1. The Kier molecular flexibility index (Phi) is 32.4. The van der Waals surface area contributed by atoms with Crippen molar-refractivity contribution in [2.75, 3.05) is 13.1 Å². The van der Waals surface area contributed by atoms with Crippen molar-refractivity contribution in [1.82, 2.24) is 0 Å². The first-order valence-electron chi connectivity index (χ1n) is 18.5. The minimum atomic E-state index is -4.02. The van der Waals surface area contributed by atoms with Crippen molar-refractivity contribution in [1.29, 1.82) is 0 Å². The molecule has 0 rings (SSSR count). The van der Waals surface area contributed by atoms with Gasteiger partial charge >= 0.3 is 6.18 Å². The van der Waals surface area contributed by atoms with E-state index < -0.39 is 12.1 Å². The fourth-order valence-corrected chi connectivity index (χ4v) is 6.14. The van der Waals surface area contributed by atoms with Crippen molar-refractivity contribution in [3.05, 3.63) is 0 Å². The monoisotopic (exact) mass is 591 g/mol. The van der Waals surface area contributed by atoms with Gasteiger partial charge in [-0.25, -0.2) is 0 Å². The Morgan fingerprint density at radius 3 is 0.634 bits per heavy atom. The molecule has 0 aliphatic heterocycles. The standard InChI is InChI=1S/C36H73F3N2/c37-36(38,39)35(31-27-23-19-15-11-7-3-1-5-9-13-17-21-25-29-33-40)32-28-24-20-16-12-8-4-2-6-10-14-18-22-26-30-34-41/h35H,1-34,40-41H2. The van der Waals surface area contributed by atoms with E-state index in [-0.39, 0.29) is 0 Å². The van der Waals surface area contributed by atoms with E-state index in [0.717, 1.165) is 51.6 Å². The lowest BCUT2D eigenvalue weighted by atomic mass is 9.93. The van der Waals surface area contributed by atoms with E-state index in [1.807, 2.05) is 0 Å². The van der Waals surface area contributed by atoms with Gasteiger partial charge in [0.25, 0.3) is 0 Å². The summed E-state index contributed by atoms with van der Waals surface area (Å²) in [6.45, 7) is 1.65. The van der Waals surface area contributed by atoms with E-state index in [9.17, 15) is 13.2 Å². The van der Waals surface area contributed by atoms with Gasteiger partial charge in [0.05, 0.1) is 5.92 Å². The first kappa shape index (κ1) is 40.7. The number of nitrogens with two attached hydrogens (primary N) is 2. The lowest BCUT2D eigenvalue weighted by Gasteiger charge is -2.20. The predicted octanol–water partition coefficient (Wildman–Crippen LogP) is 12.6. The van der Waals surface area contributed by atoms with E-state index in [4.69, 9.17) is 11.5 Å². The van der Waals surface area contributed by atoms with Gasteiger partial charge in [0.2, 0.25) is 0 Å². The second-order valence-electron chi connectivity index (χ2n) is 13.0. The van der Waals surface area contributed by atoms with Gasteiger partial charge in [0, 0.05) is 0 Å². The number of alkyl halides is 3. The number of hydrogen-bond donors (Lipinski definition) is 2. The molecule has 5 heteroatoms. The van der Waals surface area contributed by atoms with Crippen LogP contribution < -0.4 is 11.5 Å². The highest BCUT2D eigenvalue weighted by molar-refractivity contribution is 4.68. The fourth-order valence-electron chi connectivity index (χ4n) is 6.14. The minimum Gasteiger partial charge on any atom is -0.330 e. The molecule has 0 heterocycles. The minimum absolute atomic E-state index is 0.337. The molecule has 0 aliphatic carbocycles. The molecule has 0 atom stereocenters. The molecule has 0 radical (unpaired) electrons. The topological polar surface area (TPSA) is 52.0 Å². The first-order chi connectivity index (χ1) is 20.0. The summed E-state index contributed by atoms with van der Waals surface area (Å²) in [5.41, 5.74) is 11.0. The molecule has 0 saturated carbocycles. The molecule has 0 saturated heterocycles. The highest BCUT2D eigenvalue weighted by Gasteiger charge is 2.38. The molecular formula is C36H73F3N2. The third kappa shape index (κ3) is 32.5. The van der Waals surface area contributed by atoms with Crippen LogP contribution in [0.5, 0.6) is 0 Å². The average molecular weight is 591 g/mol. The Bertz CT molecular complexity index is 448. The molecule has 2 nitrogen and oxygen atoms in total. The fraction of sp³-hybridized carbons (Fsp3) is 1.00. The van der Waals surface area contributed by atoms with Gasteiger partial charge in [-0.2, -0.15) is 13.2 Å². The number of halogens is 3. The summed E-state index contributed by atoms with van der Waals surface area (Å²) in [4.78, 5) is 0. The number of rotatable bonds is 34. The Labute approximate surface area is 255 Å². The number of unbranched alkanes of at least 4 members (excludes halogenated alkanes) is 28. The molecule has 0 aromatic heterocycles. The SMILES string of the molecule is NCCCCCCCCCCCCCCCCCC(CCCCCCCCCCCCCCCCCN)C(F)(F)F. The molecule has 0 fully saturated rings. The van der Waals surface area contributed by atoms with Crippen LogP contribution in [0.2, 0.25) is 0 Å². The van der Waals surface area contributed by atoms with Crippen LogP contribution in [0, 0.1) is 5.92 Å². The van der Waals surface area contributed by atoms with E-state index in [0.29, 0.717) is 12.8 Å². The van der Waals surface area contributed by atoms with Crippen molar-refractivity contribution >= 4 is 0 Å². The van der Waals surface area contributed by atoms with Gasteiger partial charge in [0.1, 0.15) is 0 Å². The zero-order valence-electron chi connectivity index (χ0n) is 27.4. The molecule has 0 unspecified atom stereocenters. The van der Waals surface area contributed by atoms with Crippen molar-refractivity contribution in [2.24, 2.45) is 17.4 Å². The summed E-state index contributed by atoms with van der Waals surface area (Å²) in [5.74, 6) is -1.08. The van der Waals surface area contributed by atoms with Crippen molar-refractivity contribution in [3.63, 3.8) is 0 Å². The highest BCUT2D eigenvalue weighted by Crippen LogP contribution is 2.34. The Morgan fingerprint density at radius 1 is 0.293 bits per heavy atom. The summed E-state index contributed by atoms with van der Waals surface area (Å²) in [7, 11) is 0. The second kappa shape index (κ2) is 32.6. The van der Waals surface area contributed by atoms with Crippen molar-refractivity contribution in [2.45, 2.75) is 212 Å². The second-order valence-corrected chi connectivity index (χ2v) is 13.0. The van der Waals surface area contributed by atoms with Gasteiger partial charge in [-0.3, -0.25) is 0 Å². The van der Waals surface area contributed by atoms with E-state index in [2.05, 4.69) is 0 Å². The van der Waals surface area contributed by atoms with E-state index >= 15 is 0 Å². The van der Waals surface area contributed by atoms with E-state index in [1.165, 1.54) is 154 Å². The molecule has 0 aromatic carbocycles. The molecule has 0 aliphatic rings. The Hall–Kier alpha value is -0.290. The van der Waals surface area contributed by atoms with E-state index in [1.54, 1.807) is 0 Å². The first-order valence-corrected chi connectivity index (χ1v) is 18.5. The number of hydrogen-bond acceptors (Lipinski definition) is 2. The summed E-state index contributed by atoms with van der Waals surface area (Å²) < 4.78 is 40.5. The largest absolute Gasteiger partial charge is 0.391 e. The quantitative estimate of drug-likeness (QED) is 0.0732. The molecule has 248 valence electrons. The summed E-state index contributed by atoms with van der Waals surface area (Å²) in [6.07, 6.45) is 33.5. The molecule has 0 bridgehead atoms. The van der Waals surface area contributed by atoms with Crippen LogP contribution >= 0.6 is 0 Å². The zero-order valence-corrected chi connectivity index (χ0v) is 27.4. The van der Waals surface area contributed by atoms with Crippen LogP contribution in [0.4, 0.5) is 13.2 Å². The molecule has 41 heavy (non-hydrogen) atoms. The van der Waals surface area contributed by atoms with Crippen LogP contribution in [-0.2, 0) is 0 Å². The smallest absolute Gasteiger partial charge is 0.330 e. The normalized spacial score (nSPS) is 12.1. The van der Waals surface area contributed by atoms with Crippen molar-refractivity contribution in [3.8, 4) is 0 Å². The molecule has 0 spiro atoms. The van der Waals surface area contributed by atoms with Crippen LogP contribution in [0.1, 0.15) is 205 Å². The van der Waals surface area contributed by atoms with Crippen LogP contribution in [0.15, 0.2) is 0 Å². The van der Waals surface area contributed by atoms with Gasteiger partial charge in [-0.1, -0.05) is 180 Å². The average Bonchev–Trinajstić information content (AvgIpc) is 2.95. The molecule has 0 aromatic rings. The van der Waals surface area contributed by atoms with Crippen LogP contribution in [0.25, 0.3) is 0 Å². The van der Waals surface area contributed by atoms with Crippen LogP contribution in [-0.4, -0.2) is 19.3 Å². The maximum atomic E-state index is 13.5. The molecular weight excluding hydrogens is 517 g/mol. The summed E-state index contributed by atoms with van der Waals surface area (Å²) in [6, 6.07) is 0. The third-order valence-corrected chi connectivity index (χ3v) is 8.98. The molecule has 0 amide bonds. The maximum Gasteiger partial charge on any atom is 0.391 e. The third-order valence-electron chi connectivity index (χ3n) is 8.98. The highest BCUT2D eigenvalue weighted by atomic mass is 19.4. The van der Waals surface area contributed by atoms with Gasteiger partial charge < -0.3 is 11.5 Å². The molecule has 4 N–H and O–H groups in total. The lowest BCUT2D eigenvalue weighted by molar-refractivity contribution is -0.178. The van der Waals surface area contributed by atoms with Gasteiger partial charge in [-0.05, 0) is 38.8 Å².